The monoisotopic (exact) mass is 284 g/mol. The third-order valence-corrected chi connectivity index (χ3v) is 3.60. The Labute approximate surface area is 121 Å². The van der Waals surface area contributed by atoms with E-state index in [0.717, 1.165) is 52.4 Å². The van der Waals surface area contributed by atoms with E-state index >= 15 is 0 Å². The molecule has 2 rings (SSSR count). The molecule has 1 amide bonds. The van der Waals surface area contributed by atoms with Crippen molar-refractivity contribution in [2.45, 2.75) is 32.4 Å². The zero-order chi connectivity index (χ0) is 14.6. The normalized spacial score (nSPS) is 25.6. The molecule has 6 nitrogen and oxygen atoms in total. The fourth-order valence-electron chi connectivity index (χ4n) is 2.65. The molecule has 1 atom stereocenters. The highest BCUT2D eigenvalue weighted by Gasteiger charge is 2.28. The first-order chi connectivity index (χ1) is 9.44. The van der Waals surface area contributed by atoms with Crippen LogP contribution in [0.5, 0.6) is 0 Å². The molecule has 2 saturated heterocycles. The van der Waals surface area contributed by atoms with E-state index in [9.17, 15) is 4.79 Å². The second-order valence-corrected chi connectivity index (χ2v) is 6.63. The Kier molecular flexibility index (Phi) is 5.23. The number of piperazine rings is 2. The van der Waals surface area contributed by atoms with Crippen LogP contribution in [0.3, 0.4) is 0 Å². The van der Waals surface area contributed by atoms with Crippen molar-refractivity contribution < 1.29 is 9.53 Å². The van der Waals surface area contributed by atoms with Crippen LogP contribution in [-0.4, -0.2) is 79.9 Å². The molecule has 2 N–H and O–H groups in total. The molecule has 0 radical (unpaired) electrons. The Morgan fingerprint density at radius 1 is 1.20 bits per heavy atom. The van der Waals surface area contributed by atoms with Gasteiger partial charge >= 0.3 is 6.09 Å². The topological polar surface area (TPSA) is 56.8 Å². The molecule has 2 aliphatic rings. The lowest BCUT2D eigenvalue weighted by Crippen LogP contribution is -2.58. The van der Waals surface area contributed by atoms with Crippen LogP contribution in [-0.2, 0) is 4.74 Å². The van der Waals surface area contributed by atoms with Gasteiger partial charge in [-0.1, -0.05) is 0 Å². The van der Waals surface area contributed by atoms with Crippen LogP contribution in [0.25, 0.3) is 0 Å². The Bertz CT molecular complexity index is 324. The summed E-state index contributed by atoms with van der Waals surface area (Å²) in [4.78, 5) is 16.4. The fourth-order valence-corrected chi connectivity index (χ4v) is 2.65. The first kappa shape index (κ1) is 15.5. The van der Waals surface area contributed by atoms with Gasteiger partial charge in [0, 0.05) is 58.4 Å². The van der Waals surface area contributed by atoms with Crippen molar-refractivity contribution in [3.8, 4) is 0 Å². The van der Waals surface area contributed by atoms with E-state index in [-0.39, 0.29) is 6.09 Å². The van der Waals surface area contributed by atoms with Crippen molar-refractivity contribution in [2.24, 2.45) is 0 Å². The summed E-state index contributed by atoms with van der Waals surface area (Å²) in [5.74, 6) is 0. The maximum Gasteiger partial charge on any atom is 0.410 e. The summed E-state index contributed by atoms with van der Waals surface area (Å²) in [5, 5.41) is 6.86. The minimum atomic E-state index is -0.421. The van der Waals surface area contributed by atoms with Crippen molar-refractivity contribution in [1.82, 2.24) is 20.4 Å². The van der Waals surface area contributed by atoms with Crippen LogP contribution < -0.4 is 10.6 Å². The summed E-state index contributed by atoms with van der Waals surface area (Å²) in [6.45, 7) is 13.3. The van der Waals surface area contributed by atoms with Gasteiger partial charge in [-0.25, -0.2) is 4.79 Å². The Morgan fingerprint density at radius 2 is 1.90 bits per heavy atom. The van der Waals surface area contributed by atoms with E-state index in [1.165, 1.54) is 0 Å². The summed E-state index contributed by atoms with van der Waals surface area (Å²) in [6, 6.07) is 0.342. The molecule has 2 fully saturated rings. The number of hydrogen-bond acceptors (Lipinski definition) is 5. The van der Waals surface area contributed by atoms with E-state index in [1.807, 2.05) is 25.7 Å². The molecule has 0 aromatic rings. The Hall–Kier alpha value is -0.850. The van der Waals surface area contributed by atoms with Gasteiger partial charge in [0.2, 0.25) is 0 Å². The zero-order valence-corrected chi connectivity index (χ0v) is 12.9. The lowest BCUT2D eigenvalue weighted by atomic mass is 10.2. The zero-order valence-electron chi connectivity index (χ0n) is 12.9. The Morgan fingerprint density at radius 3 is 2.55 bits per heavy atom. The molecule has 0 aliphatic carbocycles. The van der Waals surface area contributed by atoms with Gasteiger partial charge in [-0.05, 0) is 20.8 Å². The van der Waals surface area contributed by atoms with Gasteiger partial charge < -0.3 is 20.3 Å². The van der Waals surface area contributed by atoms with Crippen LogP contribution in [0.1, 0.15) is 20.8 Å². The molecule has 0 saturated carbocycles. The highest BCUT2D eigenvalue weighted by Crippen LogP contribution is 2.12. The summed E-state index contributed by atoms with van der Waals surface area (Å²) in [5.41, 5.74) is -0.421. The SMILES string of the molecule is CC(C)(C)OC(=O)N1CCNC(CN2CCNCC2)C1. The van der Waals surface area contributed by atoms with Crippen LogP contribution in [0.15, 0.2) is 0 Å². The molecular weight excluding hydrogens is 256 g/mol. The summed E-state index contributed by atoms with van der Waals surface area (Å²) in [7, 11) is 0. The molecule has 0 aromatic heterocycles. The van der Waals surface area contributed by atoms with Crippen molar-refractivity contribution in [2.75, 3.05) is 52.4 Å². The number of hydrogen-bond donors (Lipinski definition) is 2. The lowest BCUT2D eigenvalue weighted by Gasteiger charge is -2.38. The maximum absolute atomic E-state index is 12.1. The number of nitrogens with zero attached hydrogens (tertiary/aromatic N) is 2. The van der Waals surface area contributed by atoms with Gasteiger partial charge in [0.1, 0.15) is 5.60 Å². The van der Waals surface area contributed by atoms with E-state index in [2.05, 4.69) is 15.5 Å². The highest BCUT2D eigenvalue weighted by atomic mass is 16.6. The van der Waals surface area contributed by atoms with E-state index < -0.39 is 5.60 Å². The van der Waals surface area contributed by atoms with Gasteiger partial charge in [0.25, 0.3) is 0 Å². The molecular formula is C14H28N4O2. The van der Waals surface area contributed by atoms with Crippen molar-refractivity contribution in [3.63, 3.8) is 0 Å². The van der Waals surface area contributed by atoms with Crippen LogP contribution in [0.4, 0.5) is 4.79 Å². The first-order valence-corrected chi connectivity index (χ1v) is 7.58. The van der Waals surface area contributed by atoms with Gasteiger partial charge in [-0.15, -0.1) is 0 Å². The van der Waals surface area contributed by atoms with E-state index in [1.54, 1.807) is 0 Å². The number of nitrogens with one attached hydrogen (secondary N) is 2. The number of amides is 1. The standard InChI is InChI=1S/C14H28N4O2/c1-14(2,3)20-13(19)18-9-6-16-12(11-18)10-17-7-4-15-5-8-17/h12,15-16H,4-11H2,1-3H3. The van der Waals surface area contributed by atoms with Gasteiger partial charge in [-0.3, -0.25) is 4.90 Å². The minimum absolute atomic E-state index is 0.190. The van der Waals surface area contributed by atoms with E-state index in [4.69, 9.17) is 4.74 Å². The molecule has 1 unspecified atom stereocenters. The fraction of sp³-hybridized carbons (Fsp3) is 0.929. The van der Waals surface area contributed by atoms with Crippen LogP contribution in [0, 0.1) is 0 Å². The average molecular weight is 284 g/mol. The second-order valence-electron chi connectivity index (χ2n) is 6.63. The smallest absolute Gasteiger partial charge is 0.410 e. The third-order valence-electron chi connectivity index (χ3n) is 3.60. The molecule has 2 heterocycles. The molecule has 2 aliphatic heterocycles. The van der Waals surface area contributed by atoms with E-state index in [0.29, 0.717) is 6.04 Å². The summed E-state index contributed by atoms with van der Waals surface area (Å²) >= 11 is 0. The van der Waals surface area contributed by atoms with Crippen molar-refractivity contribution in [1.29, 1.82) is 0 Å². The molecule has 6 heteroatoms. The minimum Gasteiger partial charge on any atom is -0.444 e. The predicted molar refractivity (Wildman–Crippen MR) is 78.9 cm³/mol. The molecule has 0 aromatic carbocycles. The van der Waals surface area contributed by atoms with Crippen molar-refractivity contribution >= 4 is 6.09 Å². The second kappa shape index (κ2) is 6.74. The van der Waals surface area contributed by atoms with Crippen molar-refractivity contribution in [3.05, 3.63) is 0 Å². The number of carbonyl (C=O) groups is 1. The van der Waals surface area contributed by atoms with Gasteiger partial charge in [0.05, 0.1) is 0 Å². The number of rotatable bonds is 2. The average Bonchev–Trinajstić information content (AvgIpc) is 2.38. The number of carbonyl (C=O) groups excluding carboxylic acids is 1. The van der Waals surface area contributed by atoms with Gasteiger partial charge in [0.15, 0.2) is 0 Å². The lowest BCUT2D eigenvalue weighted by molar-refractivity contribution is 0.0179. The molecule has 0 bridgehead atoms. The van der Waals surface area contributed by atoms with Gasteiger partial charge in [-0.2, -0.15) is 0 Å². The Balaban J connectivity index is 1.80. The van der Waals surface area contributed by atoms with Crippen LogP contribution in [0.2, 0.25) is 0 Å². The predicted octanol–water partition coefficient (Wildman–Crippen LogP) is 0.101. The third kappa shape index (κ3) is 4.92. The first-order valence-electron chi connectivity index (χ1n) is 7.58. The van der Waals surface area contributed by atoms with Crippen LogP contribution >= 0.6 is 0 Å². The summed E-state index contributed by atoms with van der Waals surface area (Å²) in [6.07, 6.45) is -0.190. The molecule has 116 valence electrons. The maximum atomic E-state index is 12.1. The number of ether oxygens (including phenoxy) is 1. The molecule has 20 heavy (non-hydrogen) atoms. The summed E-state index contributed by atoms with van der Waals surface area (Å²) < 4.78 is 5.45. The quantitative estimate of drug-likeness (QED) is 0.753. The highest BCUT2D eigenvalue weighted by molar-refractivity contribution is 5.68. The molecule has 0 spiro atoms. The largest absolute Gasteiger partial charge is 0.444 e.